The second-order valence-corrected chi connectivity index (χ2v) is 5.72. The van der Waals surface area contributed by atoms with Crippen molar-refractivity contribution in [2.75, 3.05) is 0 Å². The Kier molecular flexibility index (Phi) is 4.81. The van der Waals surface area contributed by atoms with Crippen molar-refractivity contribution < 1.29 is 22.6 Å². The Balaban J connectivity index is 3.41. The molecule has 0 bridgehead atoms. The first-order valence-corrected chi connectivity index (χ1v) is 7.01. The van der Waals surface area contributed by atoms with E-state index in [0.717, 1.165) is 12.1 Å². The van der Waals surface area contributed by atoms with Gasteiger partial charge in [-0.05, 0) is 24.6 Å². The molecule has 0 atom stereocenters. The van der Waals surface area contributed by atoms with Crippen LogP contribution < -0.4 is 5.73 Å². The quantitative estimate of drug-likeness (QED) is 0.480. The van der Waals surface area contributed by atoms with Crippen molar-refractivity contribution in [1.29, 1.82) is 0 Å². The second-order valence-electron chi connectivity index (χ2n) is 3.92. The van der Waals surface area contributed by atoms with E-state index in [1.807, 2.05) is 0 Å². The molecule has 0 aliphatic heterocycles. The fourth-order valence-corrected chi connectivity index (χ4v) is 2.60. The maximum absolute atomic E-state index is 11.8. The molecule has 3 N–H and O–H groups in total. The third kappa shape index (κ3) is 3.84. The Bertz CT molecular complexity index is 639. The van der Waals surface area contributed by atoms with Gasteiger partial charge in [0.15, 0.2) is 5.78 Å². The van der Waals surface area contributed by atoms with Gasteiger partial charge in [0.1, 0.15) is 10.7 Å². The highest BCUT2D eigenvalue weighted by Gasteiger charge is 2.20. The fraction of sp³-hybridized carbons (Fsp3) is 0.273. The Labute approximate surface area is 115 Å². The highest BCUT2D eigenvalue weighted by molar-refractivity contribution is 7.86. The van der Waals surface area contributed by atoms with Crippen LogP contribution in [0.15, 0.2) is 17.0 Å². The van der Waals surface area contributed by atoms with Gasteiger partial charge in [-0.25, -0.2) is 0 Å². The van der Waals surface area contributed by atoms with Crippen LogP contribution in [0, 0.1) is 0 Å². The van der Waals surface area contributed by atoms with E-state index in [9.17, 15) is 18.0 Å². The first kappa shape index (κ1) is 15.8. The normalized spacial score (nSPS) is 11.4. The van der Waals surface area contributed by atoms with E-state index >= 15 is 0 Å². The van der Waals surface area contributed by atoms with E-state index in [2.05, 4.69) is 0 Å². The van der Waals surface area contributed by atoms with E-state index in [1.165, 1.54) is 6.92 Å². The minimum atomic E-state index is -4.50. The molecule has 0 saturated heterocycles. The van der Waals surface area contributed by atoms with Gasteiger partial charge in [-0.3, -0.25) is 14.1 Å². The van der Waals surface area contributed by atoms with Crippen LogP contribution in [0.3, 0.4) is 0 Å². The number of hydrogen-bond acceptors (Lipinski definition) is 5. The Morgan fingerprint density at radius 3 is 2.37 bits per heavy atom. The summed E-state index contributed by atoms with van der Waals surface area (Å²) in [6.45, 7) is 1.13. The number of carbonyl (C=O) groups is 2. The van der Waals surface area contributed by atoms with E-state index < -0.39 is 20.8 Å². The molecule has 104 valence electrons. The summed E-state index contributed by atoms with van der Waals surface area (Å²) in [5, 5.41) is -0.299. The predicted molar refractivity (Wildman–Crippen MR) is 68.8 cm³/mol. The SMILES string of the molecule is CC(=O)CC(=O)c1cc(Cl)c(S(=O)(=O)O)cc1CN. The largest absolute Gasteiger partial charge is 0.326 e. The van der Waals surface area contributed by atoms with Crippen molar-refractivity contribution in [1.82, 2.24) is 0 Å². The zero-order valence-corrected chi connectivity index (χ0v) is 11.6. The molecule has 1 aromatic carbocycles. The lowest BCUT2D eigenvalue weighted by Gasteiger charge is -2.09. The summed E-state index contributed by atoms with van der Waals surface area (Å²) in [5.74, 6) is -0.834. The lowest BCUT2D eigenvalue weighted by molar-refractivity contribution is -0.116. The molecule has 8 heteroatoms. The maximum Gasteiger partial charge on any atom is 0.296 e. The van der Waals surface area contributed by atoms with Gasteiger partial charge in [0, 0.05) is 12.1 Å². The smallest absolute Gasteiger partial charge is 0.296 e. The number of Topliss-reactive ketones (excluding diaryl/α,β-unsaturated/α-hetero) is 2. The van der Waals surface area contributed by atoms with Crippen LogP contribution in [-0.2, 0) is 21.5 Å². The monoisotopic (exact) mass is 305 g/mol. The average molecular weight is 306 g/mol. The molecule has 1 aromatic rings. The third-order valence-electron chi connectivity index (χ3n) is 2.37. The summed E-state index contributed by atoms with van der Waals surface area (Å²) in [4.78, 5) is 22.2. The minimum absolute atomic E-state index is 0.0788. The number of carbonyl (C=O) groups excluding carboxylic acids is 2. The zero-order valence-electron chi connectivity index (χ0n) is 10.0. The summed E-state index contributed by atoms with van der Waals surface area (Å²) < 4.78 is 31.1. The molecule has 19 heavy (non-hydrogen) atoms. The maximum atomic E-state index is 11.8. The van der Waals surface area contributed by atoms with Crippen molar-refractivity contribution in [3.8, 4) is 0 Å². The summed E-state index contributed by atoms with van der Waals surface area (Å²) >= 11 is 5.71. The van der Waals surface area contributed by atoms with Gasteiger partial charge >= 0.3 is 0 Å². The molecule has 0 aromatic heterocycles. The van der Waals surface area contributed by atoms with Crippen LogP contribution >= 0.6 is 11.6 Å². The van der Waals surface area contributed by atoms with Crippen LogP contribution in [0.25, 0.3) is 0 Å². The van der Waals surface area contributed by atoms with Crippen molar-refractivity contribution in [3.63, 3.8) is 0 Å². The summed E-state index contributed by atoms with van der Waals surface area (Å²) in [6, 6.07) is 2.13. The number of hydrogen-bond donors (Lipinski definition) is 2. The van der Waals surface area contributed by atoms with Gasteiger partial charge in [0.05, 0.1) is 11.4 Å². The second kappa shape index (κ2) is 5.79. The molecular weight excluding hydrogens is 294 g/mol. The molecule has 0 fully saturated rings. The van der Waals surface area contributed by atoms with Gasteiger partial charge in [-0.1, -0.05) is 11.6 Å². The Hall–Kier alpha value is -1.28. The van der Waals surface area contributed by atoms with Crippen molar-refractivity contribution >= 4 is 33.3 Å². The first-order chi connectivity index (χ1) is 8.66. The van der Waals surface area contributed by atoms with Crippen molar-refractivity contribution in [2.45, 2.75) is 24.8 Å². The van der Waals surface area contributed by atoms with Crippen molar-refractivity contribution in [3.05, 3.63) is 28.3 Å². The topological polar surface area (TPSA) is 115 Å². The number of rotatable bonds is 5. The van der Waals surface area contributed by atoms with Gasteiger partial charge in [0.2, 0.25) is 0 Å². The molecule has 0 aliphatic carbocycles. The molecule has 1 rings (SSSR count). The zero-order chi connectivity index (χ0) is 14.8. The summed E-state index contributed by atoms with van der Waals surface area (Å²) in [6.07, 6.45) is -0.325. The van der Waals surface area contributed by atoms with Gasteiger partial charge in [-0.15, -0.1) is 0 Å². The number of ketones is 2. The van der Waals surface area contributed by atoms with Crippen molar-refractivity contribution in [2.24, 2.45) is 5.73 Å². The highest BCUT2D eigenvalue weighted by Crippen LogP contribution is 2.26. The molecular formula is C11H12ClNO5S. The molecule has 6 nitrogen and oxygen atoms in total. The van der Waals surface area contributed by atoms with Crippen LogP contribution in [0.2, 0.25) is 5.02 Å². The average Bonchev–Trinajstić information content (AvgIpc) is 2.26. The predicted octanol–water partition coefficient (Wildman–Crippen LogP) is 1.21. The van der Waals surface area contributed by atoms with Crippen LogP contribution in [0.5, 0.6) is 0 Å². The Morgan fingerprint density at radius 1 is 1.37 bits per heavy atom. The van der Waals surface area contributed by atoms with Gasteiger partial charge in [0.25, 0.3) is 10.1 Å². The molecule has 0 aliphatic rings. The van der Waals surface area contributed by atoms with Crippen LogP contribution in [0.4, 0.5) is 0 Å². The standard InChI is InChI=1S/C11H12ClNO5S/c1-6(14)2-10(15)8-4-9(12)11(19(16,17)18)3-7(8)5-13/h3-4H,2,5,13H2,1H3,(H,16,17,18). The molecule has 0 unspecified atom stereocenters. The van der Waals surface area contributed by atoms with Gasteiger partial charge < -0.3 is 5.73 Å². The third-order valence-corrected chi connectivity index (χ3v) is 3.68. The minimum Gasteiger partial charge on any atom is -0.326 e. The highest BCUT2D eigenvalue weighted by atomic mass is 35.5. The molecule has 0 heterocycles. The van der Waals surface area contributed by atoms with Gasteiger partial charge in [-0.2, -0.15) is 8.42 Å². The molecule has 0 radical (unpaired) electrons. The number of nitrogens with two attached hydrogens (primary N) is 1. The van der Waals surface area contributed by atoms with Crippen LogP contribution in [0.1, 0.15) is 29.3 Å². The summed E-state index contributed by atoms with van der Waals surface area (Å²) in [7, 11) is -4.50. The molecule has 0 spiro atoms. The Morgan fingerprint density at radius 2 is 1.95 bits per heavy atom. The lowest BCUT2D eigenvalue weighted by Crippen LogP contribution is -2.12. The van der Waals surface area contributed by atoms with E-state index in [-0.39, 0.29) is 34.9 Å². The van der Waals surface area contributed by atoms with E-state index in [4.69, 9.17) is 21.9 Å². The lowest BCUT2D eigenvalue weighted by atomic mass is 10.0. The number of benzene rings is 1. The summed E-state index contributed by atoms with van der Waals surface area (Å²) in [5.41, 5.74) is 5.70. The van der Waals surface area contributed by atoms with Crippen LogP contribution in [-0.4, -0.2) is 24.5 Å². The number of halogens is 1. The van der Waals surface area contributed by atoms with E-state index in [0.29, 0.717) is 0 Å². The van der Waals surface area contributed by atoms with E-state index in [1.54, 1.807) is 0 Å². The molecule has 0 amide bonds. The molecule has 0 saturated carbocycles. The first-order valence-electron chi connectivity index (χ1n) is 5.19. The fourth-order valence-electron chi connectivity index (χ4n) is 1.54.